The third-order valence-corrected chi connectivity index (χ3v) is 6.05. The summed E-state index contributed by atoms with van der Waals surface area (Å²) in [4.78, 5) is 0. The van der Waals surface area contributed by atoms with E-state index in [0.29, 0.717) is 0 Å². The van der Waals surface area contributed by atoms with Crippen LogP contribution in [0.3, 0.4) is 0 Å². The molecule has 0 nitrogen and oxygen atoms in total. The predicted molar refractivity (Wildman–Crippen MR) is 124 cm³/mol. The molecule has 0 radical (unpaired) electrons. The Morgan fingerprint density at radius 2 is 1.03 bits per heavy atom. The summed E-state index contributed by atoms with van der Waals surface area (Å²) in [5.41, 5.74) is 6.89. The molecule has 0 heteroatoms. The van der Waals surface area contributed by atoms with Crippen molar-refractivity contribution in [3.63, 3.8) is 0 Å². The molecule has 0 atom stereocenters. The Kier molecular flexibility index (Phi) is 5.91. The Hall–Kier alpha value is -3.12. The molecule has 0 N–H and O–H groups in total. The zero-order valence-corrected chi connectivity index (χ0v) is 17.1. The Bertz CT molecular complexity index is 978. The molecule has 0 aliphatic heterocycles. The molecule has 0 unspecified atom stereocenters. The monoisotopic (exact) mass is 376 g/mol. The summed E-state index contributed by atoms with van der Waals surface area (Å²) < 4.78 is 0. The van der Waals surface area contributed by atoms with Crippen LogP contribution in [-0.2, 0) is 11.8 Å². The molecular weight excluding hydrogens is 348 g/mol. The Balaban J connectivity index is 1.58. The van der Waals surface area contributed by atoms with Gasteiger partial charge in [-0.05, 0) is 47.1 Å². The van der Waals surface area contributed by atoms with E-state index >= 15 is 0 Å². The van der Waals surface area contributed by atoms with Gasteiger partial charge in [-0.25, -0.2) is 0 Å². The molecule has 0 bridgehead atoms. The second kappa shape index (κ2) is 8.92. The van der Waals surface area contributed by atoms with Crippen LogP contribution in [0.2, 0.25) is 0 Å². The molecule has 4 aromatic rings. The quantitative estimate of drug-likeness (QED) is 0.310. The molecule has 4 aromatic carbocycles. The molecule has 144 valence electrons. The van der Waals surface area contributed by atoms with Gasteiger partial charge in [0.15, 0.2) is 0 Å². The molecule has 0 saturated heterocycles. The standard InChI is InChI=1S/C29H28/c1-29(26-18-7-3-8-19-26,27-20-9-4-10-21-27)23-13-17-25-16-11-12-22-28(25)24-14-5-2-6-15-24/h2-12,14-16,18-22H,13,17,23H2,1H3. The van der Waals surface area contributed by atoms with Gasteiger partial charge in [0, 0.05) is 5.41 Å². The SMILES string of the molecule is CC(CCCc1ccccc1-c1ccccc1)(c1ccccc1)c1ccccc1. The van der Waals surface area contributed by atoms with Crippen LogP contribution in [0.25, 0.3) is 11.1 Å². The van der Waals surface area contributed by atoms with Crippen LogP contribution in [0.15, 0.2) is 115 Å². The van der Waals surface area contributed by atoms with Crippen LogP contribution in [0.5, 0.6) is 0 Å². The van der Waals surface area contributed by atoms with Crippen molar-refractivity contribution < 1.29 is 0 Å². The van der Waals surface area contributed by atoms with E-state index in [2.05, 4.69) is 122 Å². The van der Waals surface area contributed by atoms with E-state index in [-0.39, 0.29) is 5.41 Å². The average molecular weight is 377 g/mol. The van der Waals surface area contributed by atoms with Crippen molar-refractivity contribution in [3.8, 4) is 11.1 Å². The number of benzene rings is 4. The maximum Gasteiger partial charge on any atom is 0.0174 e. The highest BCUT2D eigenvalue weighted by molar-refractivity contribution is 5.67. The zero-order valence-electron chi connectivity index (χ0n) is 17.1. The molecule has 0 saturated carbocycles. The minimum atomic E-state index is 0.0181. The van der Waals surface area contributed by atoms with Crippen LogP contribution in [-0.4, -0.2) is 0 Å². The van der Waals surface area contributed by atoms with Crippen LogP contribution >= 0.6 is 0 Å². The highest BCUT2D eigenvalue weighted by atomic mass is 14.3. The van der Waals surface area contributed by atoms with Crippen molar-refractivity contribution in [2.45, 2.75) is 31.6 Å². The summed E-state index contributed by atoms with van der Waals surface area (Å²) in [7, 11) is 0. The van der Waals surface area contributed by atoms with E-state index in [0.717, 1.165) is 19.3 Å². The Morgan fingerprint density at radius 3 is 1.62 bits per heavy atom. The average Bonchev–Trinajstić information content (AvgIpc) is 2.81. The van der Waals surface area contributed by atoms with Gasteiger partial charge in [-0.2, -0.15) is 0 Å². The van der Waals surface area contributed by atoms with Crippen LogP contribution in [0, 0.1) is 0 Å². The van der Waals surface area contributed by atoms with E-state index in [9.17, 15) is 0 Å². The van der Waals surface area contributed by atoms with Gasteiger partial charge in [-0.15, -0.1) is 0 Å². The molecule has 0 amide bonds. The van der Waals surface area contributed by atoms with Gasteiger partial charge in [-0.1, -0.05) is 122 Å². The first kappa shape index (κ1) is 19.2. The number of rotatable bonds is 7. The van der Waals surface area contributed by atoms with Crippen molar-refractivity contribution >= 4 is 0 Å². The van der Waals surface area contributed by atoms with Gasteiger partial charge >= 0.3 is 0 Å². The normalized spacial score (nSPS) is 11.3. The zero-order chi connectivity index (χ0) is 19.9. The van der Waals surface area contributed by atoms with Gasteiger partial charge in [-0.3, -0.25) is 0 Å². The topological polar surface area (TPSA) is 0 Å². The van der Waals surface area contributed by atoms with E-state index < -0.39 is 0 Å². The first-order valence-corrected chi connectivity index (χ1v) is 10.5. The molecule has 0 spiro atoms. The van der Waals surface area contributed by atoms with Gasteiger partial charge in [0.2, 0.25) is 0 Å². The number of hydrogen-bond acceptors (Lipinski definition) is 0. The summed E-state index contributed by atoms with van der Waals surface area (Å²) in [5.74, 6) is 0. The highest BCUT2D eigenvalue weighted by Crippen LogP contribution is 2.37. The molecule has 4 rings (SSSR count). The lowest BCUT2D eigenvalue weighted by Crippen LogP contribution is -2.23. The summed E-state index contributed by atoms with van der Waals surface area (Å²) in [5, 5.41) is 0. The van der Waals surface area contributed by atoms with E-state index in [1.54, 1.807) is 0 Å². The maximum atomic E-state index is 2.39. The predicted octanol–water partition coefficient (Wildman–Crippen LogP) is 7.68. The largest absolute Gasteiger partial charge is 0.0622 e. The summed E-state index contributed by atoms with van der Waals surface area (Å²) in [6.07, 6.45) is 3.34. The molecule has 0 fully saturated rings. The minimum absolute atomic E-state index is 0.0181. The maximum absolute atomic E-state index is 2.39. The fraction of sp³-hybridized carbons (Fsp3) is 0.172. The third kappa shape index (κ3) is 4.32. The second-order valence-corrected chi connectivity index (χ2v) is 7.94. The smallest absolute Gasteiger partial charge is 0.0174 e. The van der Waals surface area contributed by atoms with Crippen LogP contribution in [0.1, 0.15) is 36.5 Å². The molecule has 0 aliphatic rings. The molecule has 0 aliphatic carbocycles. The van der Waals surface area contributed by atoms with Gasteiger partial charge in [0.05, 0.1) is 0 Å². The molecule has 0 heterocycles. The van der Waals surface area contributed by atoms with Crippen LogP contribution in [0.4, 0.5) is 0 Å². The van der Waals surface area contributed by atoms with Gasteiger partial charge in [0.25, 0.3) is 0 Å². The van der Waals surface area contributed by atoms with E-state index in [4.69, 9.17) is 0 Å². The Morgan fingerprint density at radius 1 is 0.552 bits per heavy atom. The molecular formula is C29H28. The van der Waals surface area contributed by atoms with E-state index in [1.165, 1.54) is 27.8 Å². The van der Waals surface area contributed by atoms with Gasteiger partial charge < -0.3 is 0 Å². The van der Waals surface area contributed by atoms with Gasteiger partial charge in [0.1, 0.15) is 0 Å². The first-order valence-electron chi connectivity index (χ1n) is 10.5. The lowest BCUT2D eigenvalue weighted by Gasteiger charge is -2.31. The fourth-order valence-corrected chi connectivity index (χ4v) is 4.34. The lowest BCUT2D eigenvalue weighted by atomic mass is 9.72. The first-order chi connectivity index (χ1) is 14.3. The fourth-order valence-electron chi connectivity index (χ4n) is 4.34. The van der Waals surface area contributed by atoms with E-state index in [1.807, 2.05) is 0 Å². The third-order valence-electron chi connectivity index (χ3n) is 6.05. The Labute approximate surface area is 174 Å². The van der Waals surface area contributed by atoms with Crippen molar-refractivity contribution in [1.82, 2.24) is 0 Å². The summed E-state index contributed by atoms with van der Waals surface area (Å²) in [6, 6.07) is 41.5. The highest BCUT2D eigenvalue weighted by Gasteiger charge is 2.28. The summed E-state index contributed by atoms with van der Waals surface area (Å²) >= 11 is 0. The van der Waals surface area contributed by atoms with Crippen molar-refractivity contribution in [2.24, 2.45) is 0 Å². The second-order valence-electron chi connectivity index (χ2n) is 7.94. The van der Waals surface area contributed by atoms with Crippen molar-refractivity contribution in [3.05, 3.63) is 132 Å². The molecule has 29 heavy (non-hydrogen) atoms. The molecule has 0 aromatic heterocycles. The van der Waals surface area contributed by atoms with Crippen LogP contribution < -0.4 is 0 Å². The van der Waals surface area contributed by atoms with Crippen molar-refractivity contribution in [2.75, 3.05) is 0 Å². The van der Waals surface area contributed by atoms with Crippen molar-refractivity contribution in [1.29, 1.82) is 0 Å². The summed E-state index contributed by atoms with van der Waals surface area (Å²) in [6.45, 7) is 2.39. The number of aryl methyl sites for hydroxylation is 1. The number of hydrogen-bond donors (Lipinski definition) is 0. The lowest BCUT2D eigenvalue weighted by molar-refractivity contribution is 0.497. The minimum Gasteiger partial charge on any atom is -0.0622 e.